The Hall–Kier alpha value is -1.68. The van der Waals surface area contributed by atoms with Crippen LogP contribution in [0.2, 0.25) is 0 Å². The van der Waals surface area contributed by atoms with Gasteiger partial charge in [-0.2, -0.15) is 5.10 Å². The van der Waals surface area contributed by atoms with E-state index in [1.165, 1.54) is 25.7 Å². The largest absolute Gasteiger partial charge is 0.319 e. The number of aromatic amines is 1. The molecule has 1 aromatic heterocycles. The van der Waals surface area contributed by atoms with Crippen molar-refractivity contribution in [3.05, 3.63) is 36.2 Å². The number of nitrogens with zero attached hydrogens (tertiary/aromatic N) is 2. The van der Waals surface area contributed by atoms with Crippen molar-refractivity contribution in [1.82, 2.24) is 15.2 Å². The van der Waals surface area contributed by atoms with Crippen LogP contribution in [0.5, 0.6) is 0 Å². The van der Waals surface area contributed by atoms with Crippen molar-refractivity contribution in [2.45, 2.75) is 44.1 Å². The van der Waals surface area contributed by atoms with Gasteiger partial charge in [0.2, 0.25) is 0 Å². The summed E-state index contributed by atoms with van der Waals surface area (Å²) in [7, 11) is 0. The molecule has 100 valence electrons. The number of aromatic nitrogens is 3. The van der Waals surface area contributed by atoms with Gasteiger partial charge in [-0.15, -0.1) is 0 Å². The van der Waals surface area contributed by atoms with Crippen LogP contribution in [0, 0.1) is 0 Å². The SMILES string of the molecule is NC1(c2nc(-c3ccccc3)n[nH]2)CCCCCC1. The normalized spacial score (nSPS) is 19.0. The zero-order valence-electron chi connectivity index (χ0n) is 11.1. The van der Waals surface area contributed by atoms with E-state index < -0.39 is 0 Å². The summed E-state index contributed by atoms with van der Waals surface area (Å²) < 4.78 is 0. The molecule has 1 saturated carbocycles. The van der Waals surface area contributed by atoms with Crippen LogP contribution in [-0.2, 0) is 5.54 Å². The first-order chi connectivity index (χ1) is 9.28. The molecule has 0 saturated heterocycles. The van der Waals surface area contributed by atoms with Gasteiger partial charge in [0.1, 0.15) is 5.82 Å². The summed E-state index contributed by atoms with van der Waals surface area (Å²) in [5, 5.41) is 7.38. The van der Waals surface area contributed by atoms with E-state index in [2.05, 4.69) is 15.2 Å². The van der Waals surface area contributed by atoms with E-state index in [0.29, 0.717) is 0 Å². The number of benzene rings is 1. The number of rotatable bonds is 2. The summed E-state index contributed by atoms with van der Waals surface area (Å²) in [6.07, 6.45) is 6.90. The molecule has 1 aliphatic carbocycles. The lowest BCUT2D eigenvalue weighted by atomic mass is 9.91. The molecule has 0 aliphatic heterocycles. The highest BCUT2D eigenvalue weighted by atomic mass is 15.2. The highest BCUT2D eigenvalue weighted by molar-refractivity contribution is 5.54. The average Bonchev–Trinajstić information content (AvgIpc) is 2.85. The standard InChI is InChI=1S/C15H20N4/c16-15(10-6-1-2-7-11-15)14-17-13(18-19-14)12-8-4-3-5-9-12/h3-5,8-9H,1-2,6-7,10-11,16H2,(H,17,18,19). The van der Waals surface area contributed by atoms with Crippen LogP contribution < -0.4 is 5.73 Å². The first kappa shape index (κ1) is 12.4. The van der Waals surface area contributed by atoms with E-state index >= 15 is 0 Å². The first-order valence-electron chi connectivity index (χ1n) is 7.05. The van der Waals surface area contributed by atoms with Gasteiger partial charge in [-0.25, -0.2) is 4.98 Å². The number of H-pyrrole nitrogens is 1. The van der Waals surface area contributed by atoms with Gasteiger partial charge in [0.25, 0.3) is 0 Å². The third kappa shape index (κ3) is 2.54. The van der Waals surface area contributed by atoms with Gasteiger partial charge in [-0.1, -0.05) is 56.0 Å². The van der Waals surface area contributed by atoms with Crippen molar-refractivity contribution < 1.29 is 0 Å². The second-order valence-corrected chi connectivity index (χ2v) is 5.44. The number of hydrogen-bond acceptors (Lipinski definition) is 3. The Balaban J connectivity index is 1.88. The Bertz CT molecular complexity index is 524. The average molecular weight is 256 g/mol. The van der Waals surface area contributed by atoms with Gasteiger partial charge >= 0.3 is 0 Å². The molecule has 3 N–H and O–H groups in total. The molecular weight excluding hydrogens is 236 g/mol. The monoisotopic (exact) mass is 256 g/mol. The summed E-state index contributed by atoms with van der Waals surface area (Å²) in [5.41, 5.74) is 7.24. The lowest BCUT2D eigenvalue weighted by molar-refractivity contribution is 0.364. The quantitative estimate of drug-likeness (QED) is 0.812. The highest BCUT2D eigenvalue weighted by Crippen LogP contribution is 2.32. The third-order valence-corrected chi connectivity index (χ3v) is 3.98. The van der Waals surface area contributed by atoms with Crippen LogP contribution in [0.3, 0.4) is 0 Å². The number of nitrogens with one attached hydrogen (secondary N) is 1. The van der Waals surface area contributed by atoms with Crippen molar-refractivity contribution in [2.24, 2.45) is 5.73 Å². The van der Waals surface area contributed by atoms with Crippen molar-refractivity contribution >= 4 is 0 Å². The fourth-order valence-corrected chi connectivity index (χ4v) is 2.80. The molecule has 1 fully saturated rings. The first-order valence-corrected chi connectivity index (χ1v) is 7.05. The van der Waals surface area contributed by atoms with Crippen molar-refractivity contribution in [2.75, 3.05) is 0 Å². The van der Waals surface area contributed by atoms with E-state index in [1.807, 2.05) is 30.3 Å². The molecule has 4 nitrogen and oxygen atoms in total. The fourth-order valence-electron chi connectivity index (χ4n) is 2.80. The summed E-state index contributed by atoms with van der Waals surface area (Å²) in [4.78, 5) is 4.63. The Kier molecular flexibility index (Phi) is 3.34. The zero-order chi connectivity index (χ0) is 13.1. The molecule has 1 aromatic carbocycles. The van der Waals surface area contributed by atoms with Gasteiger partial charge in [0, 0.05) is 5.56 Å². The molecule has 4 heteroatoms. The summed E-state index contributed by atoms with van der Waals surface area (Å²) in [6.45, 7) is 0. The molecule has 0 radical (unpaired) electrons. The Morgan fingerprint density at radius 3 is 2.37 bits per heavy atom. The maximum atomic E-state index is 6.54. The van der Waals surface area contributed by atoms with E-state index in [0.717, 1.165) is 30.1 Å². The second kappa shape index (κ2) is 5.13. The minimum Gasteiger partial charge on any atom is -0.319 e. The van der Waals surface area contributed by atoms with Crippen LogP contribution in [0.1, 0.15) is 44.3 Å². The molecular formula is C15H20N4. The Labute approximate surface area is 113 Å². The number of nitrogens with two attached hydrogens (primary N) is 1. The minimum atomic E-state index is -0.323. The van der Waals surface area contributed by atoms with Gasteiger partial charge in [0.15, 0.2) is 5.82 Å². The predicted molar refractivity (Wildman–Crippen MR) is 75.4 cm³/mol. The molecule has 1 aliphatic rings. The molecule has 2 aromatic rings. The zero-order valence-corrected chi connectivity index (χ0v) is 11.1. The Morgan fingerprint density at radius 2 is 1.68 bits per heavy atom. The molecule has 0 unspecified atom stereocenters. The predicted octanol–water partition coefficient (Wildman–Crippen LogP) is 2.98. The summed E-state index contributed by atoms with van der Waals surface area (Å²) >= 11 is 0. The lowest BCUT2D eigenvalue weighted by Crippen LogP contribution is -2.37. The molecule has 0 amide bonds. The third-order valence-electron chi connectivity index (χ3n) is 3.98. The van der Waals surface area contributed by atoms with Gasteiger partial charge < -0.3 is 5.73 Å². The minimum absolute atomic E-state index is 0.323. The molecule has 0 spiro atoms. The fraction of sp³-hybridized carbons (Fsp3) is 0.467. The van der Waals surface area contributed by atoms with Crippen LogP contribution >= 0.6 is 0 Å². The molecule has 0 atom stereocenters. The van der Waals surface area contributed by atoms with Crippen molar-refractivity contribution in [3.63, 3.8) is 0 Å². The topological polar surface area (TPSA) is 67.6 Å². The van der Waals surface area contributed by atoms with Crippen LogP contribution in [0.15, 0.2) is 30.3 Å². The van der Waals surface area contributed by atoms with Gasteiger partial charge in [0.05, 0.1) is 5.54 Å². The van der Waals surface area contributed by atoms with Gasteiger partial charge in [-0.05, 0) is 12.8 Å². The van der Waals surface area contributed by atoms with Crippen LogP contribution in [0.25, 0.3) is 11.4 Å². The molecule has 1 heterocycles. The summed E-state index contributed by atoms with van der Waals surface area (Å²) in [6, 6.07) is 10.0. The van der Waals surface area contributed by atoms with Gasteiger partial charge in [-0.3, -0.25) is 5.10 Å². The van der Waals surface area contributed by atoms with Crippen molar-refractivity contribution in [3.8, 4) is 11.4 Å². The molecule has 0 bridgehead atoms. The Morgan fingerprint density at radius 1 is 1.00 bits per heavy atom. The van der Waals surface area contributed by atoms with Crippen LogP contribution in [0.4, 0.5) is 0 Å². The highest BCUT2D eigenvalue weighted by Gasteiger charge is 2.31. The van der Waals surface area contributed by atoms with E-state index in [9.17, 15) is 0 Å². The molecule has 3 rings (SSSR count). The van der Waals surface area contributed by atoms with Crippen molar-refractivity contribution in [1.29, 1.82) is 0 Å². The maximum absolute atomic E-state index is 6.54. The molecule has 19 heavy (non-hydrogen) atoms. The van der Waals surface area contributed by atoms with E-state index in [1.54, 1.807) is 0 Å². The number of hydrogen-bond donors (Lipinski definition) is 2. The summed E-state index contributed by atoms with van der Waals surface area (Å²) in [5.74, 6) is 1.58. The smallest absolute Gasteiger partial charge is 0.181 e. The van der Waals surface area contributed by atoms with E-state index in [-0.39, 0.29) is 5.54 Å². The second-order valence-electron chi connectivity index (χ2n) is 5.44. The van der Waals surface area contributed by atoms with Crippen LogP contribution in [-0.4, -0.2) is 15.2 Å². The van der Waals surface area contributed by atoms with E-state index in [4.69, 9.17) is 5.73 Å². The maximum Gasteiger partial charge on any atom is 0.181 e. The lowest BCUT2D eigenvalue weighted by Gasteiger charge is -2.24.